The maximum Gasteiger partial charge on any atom is 0.0624 e. The number of halogens is 4. The molecule has 0 fully saturated rings. The second-order valence-electron chi connectivity index (χ2n) is 4.42. The van der Waals surface area contributed by atoms with Crippen LogP contribution in [0.4, 0.5) is 0 Å². The van der Waals surface area contributed by atoms with Crippen LogP contribution in [-0.4, -0.2) is 7.05 Å². The van der Waals surface area contributed by atoms with Crippen LogP contribution < -0.4 is 5.32 Å². The zero-order valence-electron chi connectivity index (χ0n) is 10.8. The molecule has 1 unspecified atom stereocenters. The Hall–Kier alpha value is -0.440. The van der Waals surface area contributed by atoms with Crippen LogP contribution in [0.3, 0.4) is 0 Å². The van der Waals surface area contributed by atoms with Crippen LogP contribution in [-0.2, 0) is 6.42 Å². The predicted molar refractivity (Wildman–Crippen MR) is 88.4 cm³/mol. The second-order valence-corrected chi connectivity index (χ2v) is 6.05. The molecule has 0 aliphatic heterocycles. The largest absolute Gasteiger partial charge is 0.313 e. The standard InChI is InChI=1S/C15H13Cl4N/c1-20-14(11-6-5-10(16)8-13(11)18)7-9-3-2-4-12(17)15(9)19/h2-6,8,14,20H,7H2,1H3. The monoisotopic (exact) mass is 347 g/mol. The summed E-state index contributed by atoms with van der Waals surface area (Å²) in [7, 11) is 1.88. The summed E-state index contributed by atoms with van der Waals surface area (Å²) in [5.41, 5.74) is 1.96. The molecule has 0 aromatic heterocycles. The molecule has 0 radical (unpaired) electrons. The van der Waals surface area contributed by atoms with Gasteiger partial charge in [-0.2, -0.15) is 0 Å². The highest BCUT2D eigenvalue weighted by Gasteiger charge is 2.16. The van der Waals surface area contributed by atoms with Crippen LogP contribution in [0, 0.1) is 0 Å². The van der Waals surface area contributed by atoms with Gasteiger partial charge in [0, 0.05) is 16.1 Å². The van der Waals surface area contributed by atoms with Gasteiger partial charge in [0.05, 0.1) is 10.0 Å². The Morgan fingerprint density at radius 2 is 1.75 bits per heavy atom. The molecule has 5 heteroatoms. The van der Waals surface area contributed by atoms with Crippen molar-refractivity contribution in [3.8, 4) is 0 Å². The first-order valence-electron chi connectivity index (χ1n) is 6.08. The van der Waals surface area contributed by atoms with Crippen LogP contribution in [0.5, 0.6) is 0 Å². The van der Waals surface area contributed by atoms with Crippen molar-refractivity contribution in [1.29, 1.82) is 0 Å². The molecule has 1 nitrogen and oxygen atoms in total. The van der Waals surface area contributed by atoms with E-state index in [1.54, 1.807) is 12.1 Å². The molecule has 20 heavy (non-hydrogen) atoms. The molecule has 2 rings (SSSR count). The van der Waals surface area contributed by atoms with Crippen molar-refractivity contribution in [2.45, 2.75) is 12.5 Å². The predicted octanol–water partition coefficient (Wildman–Crippen LogP) is 5.80. The molecule has 2 aromatic rings. The maximum absolute atomic E-state index is 6.26. The smallest absolute Gasteiger partial charge is 0.0624 e. The van der Waals surface area contributed by atoms with E-state index in [1.807, 2.05) is 31.3 Å². The van der Waals surface area contributed by atoms with Gasteiger partial charge >= 0.3 is 0 Å². The molecule has 0 spiro atoms. The second kappa shape index (κ2) is 7.02. The van der Waals surface area contributed by atoms with Gasteiger partial charge in [0.15, 0.2) is 0 Å². The van der Waals surface area contributed by atoms with E-state index < -0.39 is 0 Å². The number of benzene rings is 2. The van der Waals surface area contributed by atoms with Crippen molar-refractivity contribution in [3.05, 3.63) is 67.6 Å². The molecule has 2 aromatic carbocycles. The van der Waals surface area contributed by atoms with Gasteiger partial charge in [-0.15, -0.1) is 0 Å². The van der Waals surface area contributed by atoms with Gasteiger partial charge in [-0.3, -0.25) is 0 Å². The Balaban J connectivity index is 2.31. The molecular weight excluding hydrogens is 336 g/mol. The van der Waals surface area contributed by atoms with E-state index in [4.69, 9.17) is 46.4 Å². The Bertz CT molecular complexity index is 613. The van der Waals surface area contributed by atoms with E-state index in [1.165, 1.54) is 0 Å². The normalized spacial score (nSPS) is 12.4. The Labute approximate surface area is 138 Å². The summed E-state index contributed by atoms with van der Waals surface area (Å²) in [6, 6.07) is 11.1. The summed E-state index contributed by atoms with van der Waals surface area (Å²) in [5.74, 6) is 0. The van der Waals surface area contributed by atoms with Crippen LogP contribution in [0.1, 0.15) is 17.2 Å². The van der Waals surface area contributed by atoms with E-state index in [0.717, 1.165) is 11.1 Å². The molecular formula is C15H13Cl4N. The van der Waals surface area contributed by atoms with Crippen molar-refractivity contribution >= 4 is 46.4 Å². The van der Waals surface area contributed by atoms with Crippen molar-refractivity contribution in [2.24, 2.45) is 0 Å². The fourth-order valence-corrected chi connectivity index (χ4v) is 3.02. The third-order valence-electron chi connectivity index (χ3n) is 3.14. The first-order valence-corrected chi connectivity index (χ1v) is 7.59. The summed E-state index contributed by atoms with van der Waals surface area (Å²) in [4.78, 5) is 0. The lowest BCUT2D eigenvalue weighted by atomic mass is 9.99. The molecule has 106 valence electrons. The SMILES string of the molecule is CNC(Cc1cccc(Cl)c1Cl)c1ccc(Cl)cc1Cl. The van der Waals surface area contributed by atoms with E-state index in [9.17, 15) is 0 Å². The van der Waals surface area contributed by atoms with Gasteiger partial charge in [-0.25, -0.2) is 0 Å². The van der Waals surface area contributed by atoms with Gasteiger partial charge in [-0.05, 0) is 42.8 Å². The number of rotatable bonds is 4. The number of hydrogen-bond acceptors (Lipinski definition) is 1. The molecule has 1 N–H and O–H groups in total. The van der Waals surface area contributed by atoms with Gasteiger partial charge in [0.2, 0.25) is 0 Å². The zero-order chi connectivity index (χ0) is 14.7. The lowest BCUT2D eigenvalue weighted by molar-refractivity contribution is 0.592. The average molecular weight is 349 g/mol. The Morgan fingerprint density at radius 3 is 2.40 bits per heavy atom. The quantitative estimate of drug-likeness (QED) is 0.735. The molecule has 0 aliphatic carbocycles. The van der Waals surface area contributed by atoms with Gasteiger partial charge in [-0.1, -0.05) is 64.6 Å². The molecule has 1 atom stereocenters. The number of nitrogens with one attached hydrogen (secondary N) is 1. The third-order valence-corrected chi connectivity index (χ3v) is 4.56. The molecule has 0 bridgehead atoms. The highest BCUT2D eigenvalue weighted by molar-refractivity contribution is 6.42. The zero-order valence-corrected chi connectivity index (χ0v) is 13.8. The molecule has 0 amide bonds. The minimum atomic E-state index is 0.0377. The van der Waals surface area contributed by atoms with Crippen molar-refractivity contribution in [1.82, 2.24) is 5.32 Å². The summed E-state index contributed by atoms with van der Waals surface area (Å²) in [6.07, 6.45) is 0.692. The van der Waals surface area contributed by atoms with Crippen molar-refractivity contribution < 1.29 is 0 Å². The lowest BCUT2D eigenvalue weighted by Gasteiger charge is -2.19. The van der Waals surface area contributed by atoms with Crippen molar-refractivity contribution in [2.75, 3.05) is 7.05 Å². The topological polar surface area (TPSA) is 12.0 Å². The summed E-state index contributed by atoms with van der Waals surface area (Å²) < 4.78 is 0. The highest BCUT2D eigenvalue weighted by Crippen LogP contribution is 2.32. The van der Waals surface area contributed by atoms with Crippen LogP contribution in [0.2, 0.25) is 20.1 Å². The fourth-order valence-electron chi connectivity index (χ4n) is 2.08. The van der Waals surface area contributed by atoms with Crippen molar-refractivity contribution in [3.63, 3.8) is 0 Å². The fraction of sp³-hybridized carbons (Fsp3) is 0.200. The Morgan fingerprint density at radius 1 is 1.00 bits per heavy atom. The number of hydrogen-bond donors (Lipinski definition) is 1. The molecule has 0 saturated heterocycles. The van der Waals surface area contributed by atoms with Gasteiger partial charge < -0.3 is 5.32 Å². The minimum Gasteiger partial charge on any atom is -0.313 e. The highest BCUT2D eigenvalue weighted by atomic mass is 35.5. The number of likely N-dealkylation sites (N-methyl/N-ethyl adjacent to an activating group) is 1. The first-order chi connectivity index (χ1) is 9.52. The van der Waals surface area contributed by atoms with Crippen LogP contribution >= 0.6 is 46.4 Å². The molecule has 0 aliphatic rings. The van der Waals surface area contributed by atoms with E-state index >= 15 is 0 Å². The third kappa shape index (κ3) is 3.60. The van der Waals surface area contributed by atoms with Crippen LogP contribution in [0.25, 0.3) is 0 Å². The van der Waals surface area contributed by atoms with E-state index in [2.05, 4.69) is 5.32 Å². The minimum absolute atomic E-state index is 0.0377. The summed E-state index contributed by atoms with van der Waals surface area (Å²) in [6.45, 7) is 0. The lowest BCUT2D eigenvalue weighted by Crippen LogP contribution is -2.19. The maximum atomic E-state index is 6.26. The molecule has 0 saturated carbocycles. The van der Waals surface area contributed by atoms with E-state index in [0.29, 0.717) is 26.5 Å². The average Bonchev–Trinajstić information content (AvgIpc) is 2.41. The summed E-state index contributed by atoms with van der Waals surface area (Å²) >= 11 is 24.5. The first kappa shape index (κ1) is 15.9. The van der Waals surface area contributed by atoms with Gasteiger partial charge in [0.1, 0.15) is 0 Å². The van der Waals surface area contributed by atoms with E-state index in [-0.39, 0.29) is 6.04 Å². The Kier molecular flexibility index (Phi) is 5.59. The van der Waals surface area contributed by atoms with Crippen LogP contribution in [0.15, 0.2) is 36.4 Å². The van der Waals surface area contributed by atoms with Gasteiger partial charge in [0.25, 0.3) is 0 Å². The summed E-state index contributed by atoms with van der Waals surface area (Å²) in [5, 5.41) is 5.64. The molecule has 0 heterocycles.